The molecule has 24 rings (SSSR count). The Kier molecular flexibility index (Phi) is 30.5. The van der Waals surface area contributed by atoms with E-state index in [1.165, 1.54) is 110 Å². The van der Waals surface area contributed by atoms with Gasteiger partial charge in [0.15, 0.2) is 0 Å². The van der Waals surface area contributed by atoms with Crippen LogP contribution in [0.15, 0.2) is 480 Å². The first-order chi connectivity index (χ1) is 64.8. The standard InChI is InChI=1S/C29H19N2.2C23H15N2.C19H16N.C17H12N.C11H8N.3Ir/c1-2-9-21(10-3-1)22-11-8-12-23(19-22)27-20-24(17-18-30-27)31-28-15-6-4-13-25(28)26-14-5-7-16-29(26)31;2*1-2-8-17(9-3-1)21-16-18(14-15-24-21)25-22-12-6-4-10-19(22)20-11-5-7-13-23(20)25;1-14-11-19(20-13-15(14)2)18-10-6-9-17(12-18)16-7-4-3-5-8-16;1-2-6-14(7-3-1)15-9-11-16(12-10-15)17-8-4-5-13-18-17;1-2-6-10(7-3-1)11-8-4-5-9-12-11;;;/h1-11,13-20H;2*1-8,10-16H;3-9,11-13H,1-2H3;1-11,13H;1-6,8-9H;;;/q6*-1;;;. The van der Waals surface area contributed by atoms with Crippen molar-refractivity contribution in [3.63, 3.8) is 0 Å². The van der Waals surface area contributed by atoms with Gasteiger partial charge in [-0.2, -0.15) is 0 Å². The Morgan fingerprint density at radius 2 is 0.478 bits per heavy atom. The van der Waals surface area contributed by atoms with Gasteiger partial charge >= 0.3 is 0 Å². The molecule has 0 N–H and O–H groups in total. The van der Waals surface area contributed by atoms with E-state index in [0.717, 1.165) is 84.6 Å². The van der Waals surface area contributed by atoms with Crippen LogP contribution in [0.25, 0.3) is 183 Å². The molecule has 0 atom stereocenters. The first-order valence-corrected chi connectivity index (χ1v) is 43.6. The van der Waals surface area contributed by atoms with Crippen LogP contribution < -0.4 is 0 Å². The molecule has 0 unspecified atom stereocenters. The number of aromatic nitrogens is 9. The zero-order chi connectivity index (χ0) is 88.3. The van der Waals surface area contributed by atoms with Crippen LogP contribution in [0.5, 0.6) is 0 Å². The molecule has 0 aliphatic rings. The molecular formula is C122H85Ir3N9-6. The van der Waals surface area contributed by atoms with Crippen LogP contribution in [0.1, 0.15) is 11.1 Å². The maximum absolute atomic E-state index is 4.67. The Morgan fingerprint density at radius 3 is 0.799 bits per heavy atom. The van der Waals surface area contributed by atoms with Crippen molar-refractivity contribution in [1.29, 1.82) is 0 Å². The normalized spacial score (nSPS) is 10.6. The van der Waals surface area contributed by atoms with Crippen LogP contribution in [-0.2, 0) is 60.3 Å². The Labute approximate surface area is 821 Å². The fraction of sp³-hybridized carbons (Fsp3) is 0.0164. The summed E-state index contributed by atoms with van der Waals surface area (Å²) in [5, 5.41) is 7.58. The zero-order valence-corrected chi connectivity index (χ0v) is 80.3. The SMILES string of the molecule is Cc1cnc(-c2[c-]ccc(-c3ccccc3)c2)cc1C.[Ir].[Ir].[Ir].[c-]1cc(-c2ccccc2)ccc1-c1ccccn1.[c-]1ccc(-c2ccccc2)cc1-c1cc(-n2c3ccccc3c3ccccc32)ccn1.[c-]1ccccc1-c1cc(-n2c3ccccc3c3ccccc32)ccn1.[c-]1ccccc1-c1cc(-n2c3ccccc3c3ccccc32)ccn1.[c-]1ccccc1-c1ccccn1. The molecule has 0 aliphatic heterocycles. The van der Waals surface area contributed by atoms with Gasteiger partial charge in [0.1, 0.15) is 0 Å². The van der Waals surface area contributed by atoms with Crippen LogP contribution in [-0.4, -0.2) is 43.6 Å². The molecule has 15 aromatic carbocycles. The van der Waals surface area contributed by atoms with Gasteiger partial charge in [-0.1, -0.05) is 265 Å². The fourth-order valence-electron chi connectivity index (χ4n) is 16.4. The van der Waals surface area contributed by atoms with E-state index in [1.54, 1.807) is 12.4 Å². The van der Waals surface area contributed by atoms with E-state index >= 15 is 0 Å². The van der Waals surface area contributed by atoms with Crippen LogP contribution >= 0.6 is 0 Å². The molecule has 0 aliphatic carbocycles. The van der Waals surface area contributed by atoms with E-state index in [1.807, 2.05) is 183 Å². The van der Waals surface area contributed by atoms with Crippen LogP contribution in [0.3, 0.4) is 0 Å². The summed E-state index contributed by atoms with van der Waals surface area (Å²) in [6.07, 6.45) is 11.1. The molecule has 0 saturated carbocycles. The van der Waals surface area contributed by atoms with E-state index < -0.39 is 0 Å². The number of pyridine rings is 6. The van der Waals surface area contributed by atoms with Crippen molar-refractivity contribution in [2.75, 3.05) is 0 Å². The summed E-state index contributed by atoms with van der Waals surface area (Å²) < 4.78 is 6.93. The van der Waals surface area contributed by atoms with Gasteiger partial charge in [-0.25, -0.2) is 0 Å². The third-order valence-electron chi connectivity index (χ3n) is 23.0. The summed E-state index contributed by atoms with van der Waals surface area (Å²) in [5.74, 6) is 0. The van der Waals surface area contributed by atoms with Crippen molar-refractivity contribution in [3.05, 3.63) is 528 Å². The van der Waals surface area contributed by atoms with Crippen molar-refractivity contribution in [2.24, 2.45) is 0 Å². The number of para-hydroxylation sites is 6. The Bertz CT molecular complexity index is 7510. The number of rotatable bonds is 12. The minimum atomic E-state index is 0. The van der Waals surface area contributed by atoms with E-state index in [0.29, 0.717) is 0 Å². The zero-order valence-electron chi connectivity index (χ0n) is 73.1. The molecular weight excluding hydrogens is 2170 g/mol. The predicted octanol–water partition coefficient (Wildman–Crippen LogP) is 30.2. The molecule has 9 heterocycles. The molecule has 0 fully saturated rings. The van der Waals surface area contributed by atoms with E-state index in [-0.39, 0.29) is 60.3 Å². The van der Waals surface area contributed by atoms with Gasteiger partial charge in [0, 0.05) is 147 Å². The van der Waals surface area contributed by atoms with Crippen molar-refractivity contribution >= 4 is 65.4 Å². The van der Waals surface area contributed by atoms with Gasteiger partial charge in [-0.15, -0.1) is 208 Å². The molecule has 3 radical (unpaired) electrons. The van der Waals surface area contributed by atoms with Crippen molar-refractivity contribution in [3.8, 4) is 118 Å². The first-order valence-electron chi connectivity index (χ1n) is 43.6. The second-order valence-electron chi connectivity index (χ2n) is 31.3. The number of nitrogens with zero attached hydrogens (tertiary/aromatic N) is 9. The minimum Gasteiger partial charge on any atom is -0.310 e. The number of aryl methyl sites for hydroxylation is 2. The summed E-state index contributed by atoms with van der Waals surface area (Å²) in [5.41, 5.74) is 31.9. The monoisotopic (exact) mass is 2250 g/mol. The molecule has 9 nitrogen and oxygen atoms in total. The van der Waals surface area contributed by atoms with Crippen molar-refractivity contribution in [1.82, 2.24) is 43.6 Å². The first kappa shape index (κ1) is 91.8. The van der Waals surface area contributed by atoms with Crippen molar-refractivity contribution in [2.45, 2.75) is 13.8 Å². The van der Waals surface area contributed by atoms with Gasteiger partial charge in [-0.3, -0.25) is 0 Å². The smallest absolute Gasteiger partial charge is 0.0540 e. The van der Waals surface area contributed by atoms with Gasteiger partial charge < -0.3 is 43.6 Å². The predicted molar refractivity (Wildman–Crippen MR) is 540 cm³/mol. The quantitative estimate of drug-likeness (QED) is 0.113. The van der Waals surface area contributed by atoms with Crippen LogP contribution in [0.4, 0.5) is 0 Å². The van der Waals surface area contributed by atoms with Crippen molar-refractivity contribution < 1.29 is 60.3 Å². The third kappa shape index (κ3) is 21.1. The molecule has 651 valence electrons. The second kappa shape index (κ2) is 44.4. The maximum Gasteiger partial charge on any atom is 0.0540 e. The molecule has 0 amide bonds. The average Bonchev–Trinajstić information content (AvgIpc) is 1.61. The van der Waals surface area contributed by atoms with E-state index in [4.69, 9.17) is 0 Å². The Morgan fingerprint density at radius 1 is 0.187 bits per heavy atom. The Balaban J connectivity index is 0.000000119. The largest absolute Gasteiger partial charge is 0.310 e. The molecule has 24 aromatic rings. The minimum absolute atomic E-state index is 0. The molecule has 12 heteroatoms. The number of fused-ring (bicyclic) bond motifs is 9. The number of hydrogen-bond acceptors (Lipinski definition) is 6. The summed E-state index contributed by atoms with van der Waals surface area (Å²) in [7, 11) is 0. The number of hydrogen-bond donors (Lipinski definition) is 0. The maximum atomic E-state index is 4.67. The fourth-order valence-corrected chi connectivity index (χ4v) is 16.4. The average molecular weight is 2250 g/mol. The summed E-state index contributed by atoms with van der Waals surface area (Å²) in [6.45, 7) is 4.19. The van der Waals surface area contributed by atoms with Crippen LogP contribution in [0.2, 0.25) is 0 Å². The number of benzene rings is 15. The molecule has 0 saturated heterocycles. The van der Waals surface area contributed by atoms with Gasteiger partial charge in [0.25, 0.3) is 0 Å². The summed E-state index contributed by atoms with van der Waals surface area (Å²) >= 11 is 0. The summed E-state index contributed by atoms with van der Waals surface area (Å²) in [6, 6.07) is 171. The molecule has 134 heavy (non-hydrogen) atoms. The van der Waals surface area contributed by atoms with E-state index in [2.05, 4.69) is 379 Å². The van der Waals surface area contributed by atoms with Crippen LogP contribution in [0, 0.1) is 50.2 Å². The molecule has 0 spiro atoms. The second-order valence-corrected chi connectivity index (χ2v) is 31.3. The van der Waals surface area contributed by atoms with E-state index in [9.17, 15) is 0 Å². The third-order valence-corrected chi connectivity index (χ3v) is 23.0. The molecule has 9 aromatic heterocycles. The van der Waals surface area contributed by atoms with Gasteiger partial charge in [0.05, 0.1) is 33.1 Å². The van der Waals surface area contributed by atoms with Gasteiger partial charge in [0.2, 0.25) is 0 Å². The Hall–Kier alpha value is -15.5. The topological polar surface area (TPSA) is 92.1 Å². The van der Waals surface area contributed by atoms with Gasteiger partial charge in [-0.05, 0) is 131 Å². The molecule has 0 bridgehead atoms. The summed E-state index contributed by atoms with van der Waals surface area (Å²) in [4.78, 5) is 26.8.